The number of non-ortho nitro benzene ring substituents is 1. The number of ether oxygens (including phenoxy) is 1. The van der Waals surface area contributed by atoms with Crippen LogP contribution in [0, 0.1) is 10.1 Å². The Kier molecular flexibility index (Phi) is 3.76. The third-order valence-electron chi connectivity index (χ3n) is 3.79. The molecule has 6 heteroatoms. The normalized spacial score (nSPS) is 23.9. The van der Waals surface area contributed by atoms with Crippen LogP contribution in [-0.2, 0) is 16.9 Å². The van der Waals surface area contributed by atoms with Gasteiger partial charge in [-0.2, -0.15) is 0 Å². The summed E-state index contributed by atoms with van der Waals surface area (Å²) in [5.41, 5.74) is 2.12. The molecule has 0 radical (unpaired) electrons. The molecule has 114 valence electrons. The van der Waals surface area contributed by atoms with Gasteiger partial charge >= 0.3 is 0 Å². The smallest absolute Gasteiger partial charge is 0.269 e. The summed E-state index contributed by atoms with van der Waals surface area (Å²) in [6.45, 7) is 1.89. The van der Waals surface area contributed by atoms with Gasteiger partial charge in [-0.1, -0.05) is 22.0 Å². The van der Waals surface area contributed by atoms with Crippen LogP contribution < -0.4 is 0 Å². The van der Waals surface area contributed by atoms with E-state index in [1.165, 1.54) is 24.3 Å². The molecule has 0 spiro atoms. The highest BCUT2D eigenvalue weighted by Crippen LogP contribution is 2.40. The maximum absolute atomic E-state index is 11.1. The fraction of sp³-hybridized carbons (Fsp3) is 0.250. The summed E-state index contributed by atoms with van der Waals surface area (Å²) >= 11 is 3.40. The van der Waals surface area contributed by atoms with Crippen LogP contribution in [0.4, 0.5) is 5.69 Å². The van der Waals surface area contributed by atoms with E-state index >= 15 is 0 Å². The Balaban J connectivity index is 2.12. The van der Waals surface area contributed by atoms with Gasteiger partial charge < -0.3 is 9.84 Å². The molecule has 2 unspecified atom stereocenters. The minimum absolute atomic E-state index is 0.0225. The van der Waals surface area contributed by atoms with Crippen molar-refractivity contribution in [1.82, 2.24) is 0 Å². The van der Waals surface area contributed by atoms with E-state index in [2.05, 4.69) is 15.9 Å². The Labute approximate surface area is 135 Å². The molecular formula is C16H14BrNO4. The number of rotatable bonds is 2. The van der Waals surface area contributed by atoms with Gasteiger partial charge in [-0.05, 0) is 43.2 Å². The number of fused-ring (bicyclic) bond motifs is 1. The summed E-state index contributed by atoms with van der Waals surface area (Å²) in [6.07, 6.45) is 0.548. The van der Waals surface area contributed by atoms with Crippen molar-refractivity contribution in [3.8, 4) is 0 Å². The van der Waals surface area contributed by atoms with Crippen molar-refractivity contribution in [3.63, 3.8) is 0 Å². The van der Waals surface area contributed by atoms with Gasteiger partial charge in [0.15, 0.2) is 0 Å². The number of benzene rings is 2. The lowest BCUT2D eigenvalue weighted by Gasteiger charge is -2.38. The van der Waals surface area contributed by atoms with E-state index in [9.17, 15) is 15.2 Å². The maximum Gasteiger partial charge on any atom is 0.269 e. The van der Waals surface area contributed by atoms with Crippen LogP contribution in [-0.4, -0.2) is 16.1 Å². The van der Waals surface area contributed by atoms with Crippen molar-refractivity contribution in [2.75, 3.05) is 0 Å². The largest absolute Gasteiger partial charge is 0.358 e. The molecule has 1 heterocycles. The third kappa shape index (κ3) is 2.54. The number of hydrogen-bond donors (Lipinski definition) is 1. The van der Waals surface area contributed by atoms with E-state index < -0.39 is 10.7 Å². The molecular weight excluding hydrogens is 350 g/mol. The van der Waals surface area contributed by atoms with Gasteiger partial charge in [0, 0.05) is 27.7 Å². The van der Waals surface area contributed by atoms with Crippen LogP contribution in [0.3, 0.4) is 0 Å². The Morgan fingerprint density at radius 2 is 2.00 bits per heavy atom. The topological polar surface area (TPSA) is 72.6 Å². The third-order valence-corrected chi connectivity index (χ3v) is 4.28. The van der Waals surface area contributed by atoms with E-state index in [0.717, 1.165) is 10.0 Å². The molecule has 1 aliphatic heterocycles. The highest BCUT2D eigenvalue weighted by Gasteiger charge is 2.40. The van der Waals surface area contributed by atoms with Crippen LogP contribution in [0.5, 0.6) is 0 Å². The zero-order valence-corrected chi connectivity index (χ0v) is 13.4. The fourth-order valence-electron chi connectivity index (χ4n) is 2.78. The molecule has 0 saturated carbocycles. The molecule has 0 amide bonds. The Morgan fingerprint density at radius 1 is 1.32 bits per heavy atom. The molecule has 0 bridgehead atoms. The van der Waals surface area contributed by atoms with Crippen molar-refractivity contribution < 1.29 is 14.8 Å². The second-order valence-electron chi connectivity index (χ2n) is 5.38. The van der Waals surface area contributed by atoms with Gasteiger partial charge in [0.2, 0.25) is 5.79 Å². The van der Waals surface area contributed by atoms with Gasteiger partial charge in [0.1, 0.15) is 0 Å². The molecule has 0 aliphatic carbocycles. The zero-order valence-electron chi connectivity index (χ0n) is 11.8. The van der Waals surface area contributed by atoms with Crippen LogP contribution in [0.1, 0.15) is 23.6 Å². The lowest BCUT2D eigenvalue weighted by Crippen LogP contribution is -2.40. The van der Waals surface area contributed by atoms with E-state index in [0.29, 0.717) is 17.5 Å². The first-order chi connectivity index (χ1) is 10.4. The first kappa shape index (κ1) is 15.1. The molecule has 5 nitrogen and oxygen atoms in total. The molecule has 2 aromatic carbocycles. The second-order valence-corrected chi connectivity index (χ2v) is 6.30. The van der Waals surface area contributed by atoms with Crippen molar-refractivity contribution in [1.29, 1.82) is 0 Å². The summed E-state index contributed by atoms with van der Waals surface area (Å²) in [5, 5.41) is 21.9. The Hall–Kier alpha value is -1.76. The van der Waals surface area contributed by atoms with Gasteiger partial charge in [-0.25, -0.2) is 0 Å². The first-order valence-electron chi connectivity index (χ1n) is 6.84. The monoisotopic (exact) mass is 363 g/mol. The predicted molar refractivity (Wildman–Crippen MR) is 84.5 cm³/mol. The minimum atomic E-state index is -1.61. The molecule has 2 aromatic rings. The number of hydrogen-bond acceptors (Lipinski definition) is 4. The number of halogens is 1. The minimum Gasteiger partial charge on any atom is -0.358 e. The SMILES string of the molecule is CC1Cc2ccc(Br)cc2C(O)(c2ccc([N+](=O)[O-])cc2)O1. The lowest BCUT2D eigenvalue weighted by molar-refractivity contribution is -0.384. The van der Waals surface area contributed by atoms with Crippen molar-refractivity contribution in [2.45, 2.75) is 25.2 Å². The van der Waals surface area contributed by atoms with Gasteiger partial charge in [0.05, 0.1) is 11.0 Å². The molecule has 0 saturated heterocycles. The molecule has 2 atom stereocenters. The van der Waals surface area contributed by atoms with Crippen molar-refractivity contribution in [2.24, 2.45) is 0 Å². The molecule has 1 aliphatic rings. The average molecular weight is 364 g/mol. The van der Waals surface area contributed by atoms with Crippen LogP contribution >= 0.6 is 15.9 Å². The van der Waals surface area contributed by atoms with E-state index in [1.807, 2.05) is 25.1 Å². The summed E-state index contributed by atoms with van der Waals surface area (Å²) in [5.74, 6) is -1.61. The van der Waals surface area contributed by atoms with E-state index in [-0.39, 0.29) is 11.8 Å². The number of nitro groups is 1. The quantitative estimate of drug-likeness (QED) is 0.654. The standard InChI is InChI=1S/C16H14BrNO4/c1-10-8-11-2-5-13(17)9-15(11)16(19,22-10)12-3-6-14(7-4-12)18(20)21/h2-7,9-10,19H,8H2,1H3. The lowest BCUT2D eigenvalue weighted by atomic mass is 9.88. The molecule has 0 aromatic heterocycles. The highest BCUT2D eigenvalue weighted by molar-refractivity contribution is 9.10. The second kappa shape index (κ2) is 5.46. The number of aliphatic hydroxyl groups is 1. The summed E-state index contributed by atoms with van der Waals surface area (Å²) in [7, 11) is 0. The zero-order chi connectivity index (χ0) is 15.9. The van der Waals surface area contributed by atoms with Gasteiger partial charge in [-0.15, -0.1) is 0 Å². The van der Waals surface area contributed by atoms with E-state index in [4.69, 9.17) is 4.74 Å². The van der Waals surface area contributed by atoms with Crippen molar-refractivity contribution in [3.05, 3.63) is 73.7 Å². The van der Waals surface area contributed by atoms with Gasteiger partial charge in [-0.3, -0.25) is 10.1 Å². The molecule has 0 fully saturated rings. The summed E-state index contributed by atoms with van der Waals surface area (Å²) in [4.78, 5) is 10.3. The van der Waals surface area contributed by atoms with E-state index in [1.54, 1.807) is 0 Å². The van der Waals surface area contributed by atoms with Gasteiger partial charge in [0.25, 0.3) is 5.69 Å². The first-order valence-corrected chi connectivity index (χ1v) is 7.63. The summed E-state index contributed by atoms with van der Waals surface area (Å²) in [6, 6.07) is 11.5. The predicted octanol–water partition coefficient (Wildman–Crippen LogP) is 3.51. The average Bonchev–Trinajstić information content (AvgIpc) is 2.48. The van der Waals surface area contributed by atoms with Crippen LogP contribution in [0.15, 0.2) is 46.9 Å². The van der Waals surface area contributed by atoms with Crippen molar-refractivity contribution >= 4 is 21.6 Å². The number of nitrogens with zero attached hydrogens (tertiary/aromatic N) is 1. The Bertz CT molecular complexity index is 731. The summed E-state index contributed by atoms with van der Waals surface area (Å²) < 4.78 is 6.64. The molecule has 22 heavy (non-hydrogen) atoms. The molecule has 1 N–H and O–H groups in total. The number of nitro benzene ring substituents is 1. The Morgan fingerprint density at radius 3 is 2.64 bits per heavy atom. The van der Waals surface area contributed by atoms with Crippen LogP contribution in [0.2, 0.25) is 0 Å². The fourth-order valence-corrected chi connectivity index (χ4v) is 3.14. The molecule has 3 rings (SSSR count). The maximum atomic E-state index is 11.1. The van der Waals surface area contributed by atoms with Crippen LogP contribution in [0.25, 0.3) is 0 Å². The highest BCUT2D eigenvalue weighted by atomic mass is 79.9.